The Labute approximate surface area is 123 Å². The van der Waals surface area contributed by atoms with E-state index in [1.54, 1.807) is 6.07 Å². The van der Waals surface area contributed by atoms with Crippen LogP contribution in [0.15, 0.2) is 35.2 Å². The number of amides is 1. The number of aromatic amines is 1. The minimum Gasteiger partial charge on any atom is -0.305 e. The fourth-order valence-electron chi connectivity index (χ4n) is 1.66. The van der Waals surface area contributed by atoms with Crippen molar-refractivity contribution in [2.45, 2.75) is 11.8 Å². The van der Waals surface area contributed by atoms with Crippen LogP contribution in [-0.4, -0.2) is 42.9 Å². The Morgan fingerprint density at radius 1 is 1.24 bits per heavy atom. The molecule has 0 aliphatic heterocycles. The predicted molar refractivity (Wildman–Crippen MR) is 78.6 cm³/mol. The van der Waals surface area contributed by atoms with Gasteiger partial charge in [-0.1, -0.05) is 0 Å². The summed E-state index contributed by atoms with van der Waals surface area (Å²) in [6, 6.07) is 7.43. The SMILES string of the molecule is Cc1cc(NC(=O)c2ccc(S(=O)(=O)N(C)C)cc2)n[nH]1. The number of nitrogens with zero attached hydrogens (tertiary/aromatic N) is 2. The van der Waals surface area contributed by atoms with E-state index >= 15 is 0 Å². The average molecular weight is 308 g/mol. The first-order chi connectivity index (χ1) is 9.80. The first kappa shape index (κ1) is 15.2. The molecule has 1 amide bonds. The number of sulfonamides is 1. The third-order valence-corrected chi connectivity index (χ3v) is 4.67. The van der Waals surface area contributed by atoms with Crippen molar-refractivity contribution >= 4 is 21.7 Å². The predicted octanol–water partition coefficient (Wildman–Crippen LogP) is 1.22. The maximum atomic E-state index is 12.0. The lowest BCUT2D eigenvalue weighted by molar-refractivity contribution is 0.102. The summed E-state index contributed by atoms with van der Waals surface area (Å²) in [5.41, 5.74) is 1.19. The highest BCUT2D eigenvalue weighted by Gasteiger charge is 2.17. The maximum Gasteiger partial charge on any atom is 0.256 e. The molecule has 21 heavy (non-hydrogen) atoms. The van der Waals surface area contributed by atoms with Gasteiger partial charge in [-0.3, -0.25) is 9.89 Å². The number of hydrogen-bond acceptors (Lipinski definition) is 4. The van der Waals surface area contributed by atoms with Crippen LogP contribution in [0.5, 0.6) is 0 Å². The number of benzene rings is 1. The van der Waals surface area contributed by atoms with E-state index in [1.165, 1.54) is 38.4 Å². The highest BCUT2D eigenvalue weighted by atomic mass is 32.2. The lowest BCUT2D eigenvalue weighted by atomic mass is 10.2. The first-order valence-corrected chi connectivity index (χ1v) is 7.60. The van der Waals surface area contributed by atoms with Gasteiger partial charge in [0.05, 0.1) is 4.90 Å². The van der Waals surface area contributed by atoms with Crippen LogP contribution in [0.1, 0.15) is 16.1 Å². The zero-order valence-electron chi connectivity index (χ0n) is 11.9. The third kappa shape index (κ3) is 3.29. The van der Waals surface area contributed by atoms with E-state index in [9.17, 15) is 13.2 Å². The Hall–Kier alpha value is -2.19. The summed E-state index contributed by atoms with van der Waals surface area (Å²) in [5, 5.41) is 9.24. The number of carbonyl (C=O) groups is 1. The molecule has 0 saturated carbocycles. The van der Waals surface area contributed by atoms with Crippen LogP contribution in [0.2, 0.25) is 0 Å². The quantitative estimate of drug-likeness (QED) is 0.888. The molecule has 2 rings (SSSR count). The molecule has 0 radical (unpaired) electrons. The van der Waals surface area contributed by atoms with Crippen molar-refractivity contribution in [3.8, 4) is 0 Å². The Morgan fingerprint density at radius 3 is 2.33 bits per heavy atom. The average Bonchev–Trinajstić information content (AvgIpc) is 2.84. The summed E-state index contributed by atoms with van der Waals surface area (Å²) in [4.78, 5) is 12.1. The van der Waals surface area contributed by atoms with Crippen LogP contribution in [0.4, 0.5) is 5.82 Å². The van der Waals surface area contributed by atoms with Gasteiger partial charge in [-0.25, -0.2) is 12.7 Å². The second-order valence-electron chi connectivity index (χ2n) is 4.70. The molecule has 0 aliphatic carbocycles. The molecule has 0 spiro atoms. The monoisotopic (exact) mass is 308 g/mol. The Bertz CT molecular complexity index is 748. The summed E-state index contributed by atoms with van der Waals surface area (Å²) in [5.74, 6) is 0.0674. The van der Waals surface area contributed by atoms with Gasteiger partial charge in [0, 0.05) is 31.4 Å². The molecule has 0 atom stereocenters. The van der Waals surface area contributed by atoms with Crippen molar-refractivity contribution in [2.24, 2.45) is 0 Å². The van der Waals surface area contributed by atoms with E-state index in [1.807, 2.05) is 6.92 Å². The van der Waals surface area contributed by atoms with Crippen molar-refractivity contribution < 1.29 is 13.2 Å². The molecule has 0 unspecified atom stereocenters. The van der Waals surface area contributed by atoms with Crippen LogP contribution >= 0.6 is 0 Å². The molecule has 7 nitrogen and oxygen atoms in total. The minimum atomic E-state index is -3.49. The highest BCUT2D eigenvalue weighted by Crippen LogP contribution is 2.15. The van der Waals surface area contributed by atoms with Gasteiger partial charge in [0.25, 0.3) is 5.91 Å². The van der Waals surface area contributed by atoms with Crippen LogP contribution in [0.3, 0.4) is 0 Å². The second-order valence-corrected chi connectivity index (χ2v) is 6.85. The minimum absolute atomic E-state index is 0.139. The number of rotatable bonds is 4. The van der Waals surface area contributed by atoms with Gasteiger partial charge in [-0.2, -0.15) is 5.10 Å². The van der Waals surface area contributed by atoms with Crippen LogP contribution in [0, 0.1) is 6.92 Å². The van der Waals surface area contributed by atoms with E-state index < -0.39 is 10.0 Å². The summed E-state index contributed by atoms with van der Waals surface area (Å²) < 4.78 is 25.0. The van der Waals surface area contributed by atoms with Crippen LogP contribution < -0.4 is 5.32 Å². The van der Waals surface area contributed by atoms with Crippen molar-refractivity contribution in [1.29, 1.82) is 0 Å². The van der Waals surface area contributed by atoms with Gasteiger partial charge in [0.15, 0.2) is 5.82 Å². The van der Waals surface area contributed by atoms with Gasteiger partial charge in [-0.15, -0.1) is 0 Å². The lowest BCUT2D eigenvalue weighted by Gasteiger charge is -2.11. The number of nitrogens with one attached hydrogen (secondary N) is 2. The topological polar surface area (TPSA) is 95.2 Å². The molecule has 2 aromatic rings. The fraction of sp³-hybridized carbons (Fsp3) is 0.231. The zero-order chi connectivity index (χ0) is 15.6. The number of carbonyl (C=O) groups excluding carboxylic acids is 1. The third-order valence-electron chi connectivity index (χ3n) is 2.84. The molecule has 8 heteroatoms. The Morgan fingerprint density at radius 2 is 1.86 bits per heavy atom. The van der Waals surface area contributed by atoms with Gasteiger partial charge in [-0.05, 0) is 31.2 Å². The second kappa shape index (κ2) is 5.66. The van der Waals surface area contributed by atoms with Crippen molar-refractivity contribution in [3.63, 3.8) is 0 Å². The zero-order valence-corrected chi connectivity index (χ0v) is 12.7. The molecule has 1 aromatic heterocycles. The van der Waals surface area contributed by atoms with E-state index in [0.29, 0.717) is 11.4 Å². The van der Waals surface area contributed by atoms with Crippen molar-refractivity contribution in [3.05, 3.63) is 41.6 Å². The number of H-pyrrole nitrogens is 1. The van der Waals surface area contributed by atoms with E-state index in [4.69, 9.17) is 0 Å². The molecule has 112 valence electrons. The van der Waals surface area contributed by atoms with Gasteiger partial charge < -0.3 is 5.32 Å². The van der Waals surface area contributed by atoms with Crippen LogP contribution in [-0.2, 0) is 10.0 Å². The van der Waals surface area contributed by atoms with Gasteiger partial charge in [0.1, 0.15) is 0 Å². The summed E-state index contributed by atoms with van der Waals surface area (Å²) in [6.45, 7) is 1.82. The fourth-order valence-corrected chi connectivity index (χ4v) is 2.56. The molecule has 0 fully saturated rings. The van der Waals surface area contributed by atoms with E-state index in [-0.39, 0.29) is 10.8 Å². The number of aryl methyl sites for hydroxylation is 1. The molecule has 2 N–H and O–H groups in total. The molecule has 0 saturated heterocycles. The van der Waals surface area contributed by atoms with Crippen molar-refractivity contribution in [1.82, 2.24) is 14.5 Å². The van der Waals surface area contributed by atoms with Crippen LogP contribution in [0.25, 0.3) is 0 Å². The summed E-state index contributed by atoms with van der Waals surface area (Å²) >= 11 is 0. The molecule has 1 aromatic carbocycles. The van der Waals surface area contributed by atoms with Crippen molar-refractivity contribution in [2.75, 3.05) is 19.4 Å². The Balaban J connectivity index is 2.17. The standard InChI is InChI=1S/C13H16N4O3S/c1-9-8-12(16-15-9)14-13(18)10-4-6-11(7-5-10)21(19,20)17(2)3/h4-8H,1-3H3,(H2,14,15,16,18). The molecular weight excluding hydrogens is 292 g/mol. The first-order valence-electron chi connectivity index (χ1n) is 6.16. The molecular formula is C13H16N4O3S. The highest BCUT2D eigenvalue weighted by molar-refractivity contribution is 7.89. The Kier molecular flexibility index (Phi) is 4.10. The van der Waals surface area contributed by atoms with Gasteiger partial charge in [0.2, 0.25) is 10.0 Å². The summed E-state index contributed by atoms with van der Waals surface area (Å²) in [6.07, 6.45) is 0. The molecule has 0 bridgehead atoms. The normalized spacial score (nSPS) is 11.6. The largest absolute Gasteiger partial charge is 0.305 e. The maximum absolute atomic E-state index is 12.0. The lowest BCUT2D eigenvalue weighted by Crippen LogP contribution is -2.22. The van der Waals surface area contributed by atoms with E-state index in [0.717, 1.165) is 10.00 Å². The number of hydrogen-bond donors (Lipinski definition) is 2. The number of aromatic nitrogens is 2. The molecule has 0 aliphatic rings. The number of anilines is 1. The summed E-state index contributed by atoms with van der Waals surface area (Å²) in [7, 11) is -0.582. The molecule has 1 heterocycles. The van der Waals surface area contributed by atoms with Gasteiger partial charge >= 0.3 is 0 Å². The van der Waals surface area contributed by atoms with E-state index in [2.05, 4.69) is 15.5 Å². The smallest absolute Gasteiger partial charge is 0.256 e.